The molecule has 1 aliphatic carbocycles. The van der Waals surface area contributed by atoms with Crippen LogP contribution in [-0.2, 0) is 19.1 Å². The molecule has 2 unspecified atom stereocenters. The number of ether oxygens (including phenoxy) is 2. The first-order valence-corrected chi connectivity index (χ1v) is 22.0. The first-order valence-electron chi connectivity index (χ1n) is 22.0. The Kier molecular flexibility index (Phi) is 33.5. The highest BCUT2D eigenvalue weighted by atomic mass is 16.5. The molecule has 1 aliphatic rings. The van der Waals surface area contributed by atoms with Crippen LogP contribution >= 0.6 is 0 Å². The van der Waals surface area contributed by atoms with Gasteiger partial charge < -0.3 is 9.47 Å². The highest BCUT2D eigenvalue weighted by Gasteiger charge is 2.37. The Bertz CT molecular complexity index is 633. The van der Waals surface area contributed by atoms with Gasteiger partial charge in [0.25, 0.3) is 0 Å². The number of hydrogen-bond acceptors (Lipinski definition) is 4. The molecule has 1 fully saturated rings. The van der Waals surface area contributed by atoms with E-state index >= 15 is 0 Å². The van der Waals surface area contributed by atoms with Crippen LogP contribution in [0.3, 0.4) is 0 Å². The van der Waals surface area contributed by atoms with E-state index in [-0.39, 0.29) is 23.8 Å². The molecule has 4 heteroatoms. The molecule has 1 rings (SSSR count). The molecular formula is C44H84O4. The molecule has 0 aliphatic heterocycles. The SMILES string of the molecule is CCCCCCCCCCCCCCCCCCOC(=O)C1CCCCC1C(=O)OCCCCCCCCCCCCCCCCCC. The van der Waals surface area contributed by atoms with Crippen molar-refractivity contribution in [2.75, 3.05) is 13.2 Å². The summed E-state index contributed by atoms with van der Waals surface area (Å²) >= 11 is 0. The monoisotopic (exact) mass is 677 g/mol. The summed E-state index contributed by atoms with van der Waals surface area (Å²) < 4.78 is 11.3. The Morgan fingerprint density at radius 1 is 0.354 bits per heavy atom. The van der Waals surface area contributed by atoms with E-state index in [0.717, 1.165) is 51.4 Å². The second-order valence-electron chi connectivity index (χ2n) is 15.4. The minimum Gasteiger partial charge on any atom is -0.465 e. The van der Waals surface area contributed by atoms with E-state index in [4.69, 9.17) is 9.47 Å². The maximum absolute atomic E-state index is 12.9. The van der Waals surface area contributed by atoms with Crippen LogP contribution in [0.2, 0.25) is 0 Å². The van der Waals surface area contributed by atoms with Crippen LogP contribution in [0.5, 0.6) is 0 Å². The van der Waals surface area contributed by atoms with E-state index in [2.05, 4.69) is 13.8 Å². The lowest BCUT2D eigenvalue weighted by Gasteiger charge is -2.28. The fourth-order valence-corrected chi connectivity index (χ4v) is 7.56. The molecule has 0 saturated heterocycles. The van der Waals surface area contributed by atoms with Gasteiger partial charge in [-0.05, 0) is 25.7 Å². The van der Waals surface area contributed by atoms with Gasteiger partial charge in [0.2, 0.25) is 0 Å². The highest BCUT2D eigenvalue weighted by Crippen LogP contribution is 2.32. The van der Waals surface area contributed by atoms with E-state index in [1.54, 1.807) is 0 Å². The topological polar surface area (TPSA) is 52.6 Å². The Morgan fingerprint density at radius 2 is 0.562 bits per heavy atom. The van der Waals surface area contributed by atoms with E-state index in [9.17, 15) is 9.59 Å². The van der Waals surface area contributed by atoms with Crippen LogP contribution in [-0.4, -0.2) is 25.2 Å². The molecule has 1 saturated carbocycles. The lowest BCUT2D eigenvalue weighted by atomic mass is 9.79. The van der Waals surface area contributed by atoms with Crippen molar-refractivity contribution < 1.29 is 19.1 Å². The summed E-state index contributed by atoms with van der Waals surface area (Å²) in [5.74, 6) is -0.948. The molecule has 0 bridgehead atoms. The normalized spacial score (nSPS) is 16.3. The van der Waals surface area contributed by atoms with Crippen LogP contribution < -0.4 is 0 Å². The minimum absolute atomic E-state index is 0.167. The van der Waals surface area contributed by atoms with E-state index in [0.29, 0.717) is 13.2 Å². The molecule has 4 nitrogen and oxygen atoms in total. The van der Waals surface area contributed by atoms with Crippen LogP contribution in [0, 0.1) is 11.8 Å². The lowest BCUT2D eigenvalue weighted by Crippen LogP contribution is -2.35. The van der Waals surface area contributed by atoms with Crippen LogP contribution in [0.25, 0.3) is 0 Å². The standard InChI is InChI=1S/C44H84O4/c1-3-5-7-9-11-13-15-17-19-21-23-25-27-29-31-35-39-47-43(45)41-37-33-34-38-42(41)44(46)48-40-36-32-30-28-26-24-22-20-18-16-14-12-10-8-6-4-2/h41-42H,3-40H2,1-2H3. The number of unbranched alkanes of at least 4 members (excludes halogenated alkanes) is 30. The van der Waals surface area contributed by atoms with Crippen molar-refractivity contribution in [2.45, 2.75) is 245 Å². The molecular weight excluding hydrogens is 592 g/mol. The zero-order valence-corrected chi connectivity index (χ0v) is 32.7. The maximum Gasteiger partial charge on any atom is 0.309 e. The number of hydrogen-bond donors (Lipinski definition) is 0. The van der Waals surface area contributed by atoms with E-state index in [1.165, 1.54) is 180 Å². The summed E-state index contributed by atoms with van der Waals surface area (Å²) in [5.41, 5.74) is 0. The summed E-state index contributed by atoms with van der Waals surface area (Å²) in [6, 6.07) is 0. The Balaban J connectivity index is 1.95. The third-order valence-corrected chi connectivity index (χ3v) is 10.9. The first kappa shape index (κ1) is 45.0. The molecule has 2 atom stereocenters. The largest absolute Gasteiger partial charge is 0.465 e. The highest BCUT2D eigenvalue weighted by molar-refractivity contribution is 5.82. The molecule has 0 heterocycles. The van der Waals surface area contributed by atoms with Crippen molar-refractivity contribution in [1.29, 1.82) is 0 Å². The summed E-state index contributed by atoms with van der Waals surface area (Å²) in [6.07, 6.45) is 46.3. The van der Waals surface area contributed by atoms with Gasteiger partial charge in [0.1, 0.15) is 0 Å². The molecule has 0 spiro atoms. The van der Waals surface area contributed by atoms with Crippen molar-refractivity contribution in [3.05, 3.63) is 0 Å². The average molecular weight is 677 g/mol. The van der Waals surface area contributed by atoms with Gasteiger partial charge in [0, 0.05) is 0 Å². The Labute approximate surface area is 300 Å². The summed E-state index contributed by atoms with van der Waals surface area (Å²) in [6.45, 7) is 5.56. The van der Waals surface area contributed by atoms with Gasteiger partial charge in [-0.15, -0.1) is 0 Å². The molecule has 284 valence electrons. The fourth-order valence-electron chi connectivity index (χ4n) is 7.56. The molecule has 0 N–H and O–H groups in total. The van der Waals surface area contributed by atoms with Gasteiger partial charge in [-0.3, -0.25) is 9.59 Å². The third kappa shape index (κ3) is 27.7. The van der Waals surface area contributed by atoms with Gasteiger partial charge in [-0.25, -0.2) is 0 Å². The number of carbonyl (C=O) groups excluding carboxylic acids is 2. The van der Waals surface area contributed by atoms with Gasteiger partial charge >= 0.3 is 11.9 Å². The molecule has 0 amide bonds. The molecule has 0 aromatic carbocycles. The maximum atomic E-state index is 12.9. The Hall–Kier alpha value is -1.06. The molecule has 0 radical (unpaired) electrons. The predicted octanol–water partition coefficient (Wildman–Crippen LogP) is 14.4. The van der Waals surface area contributed by atoms with E-state index < -0.39 is 0 Å². The van der Waals surface area contributed by atoms with Crippen molar-refractivity contribution in [3.8, 4) is 0 Å². The van der Waals surface area contributed by atoms with Crippen molar-refractivity contribution in [3.63, 3.8) is 0 Å². The molecule has 0 aromatic rings. The van der Waals surface area contributed by atoms with Crippen molar-refractivity contribution in [2.24, 2.45) is 11.8 Å². The quantitative estimate of drug-likeness (QED) is 0.0489. The fraction of sp³-hybridized carbons (Fsp3) is 0.955. The van der Waals surface area contributed by atoms with Gasteiger partial charge in [-0.2, -0.15) is 0 Å². The number of esters is 2. The number of rotatable bonds is 36. The second-order valence-corrected chi connectivity index (χ2v) is 15.4. The Morgan fingerprint density at radius 3 is 0.792 bits per heavy atom. The van der Waals surface area contributed by atoms with Crippen LogP contribution in [0.15, 0.2) is 0 Å². The summed E-state index contributed by atoms with van der Waals surface area (Å²) in [4.78, 5) is 25.8. The lowest BCUT2D eigenvalue weighted by molar-refractivity contribution is -0.163. The number of carbonyl (C=O) groups is 2. The minimum atomic E-state index is -0.307. The zero-order chi connectivity index (χ0) is 34.6. The van der Waals surface area contributed by atoms with Gasteiger partial charge in [0.05, 0.1) is 25.0 Å². The van der Waals surface area contributed by atoms with Crippen LogP contribution in [0.1, 0.15) is 245 Å². The van der Waals surface area contributed by atoms with Crippen LogP contribution in [0.4, 0.5) is 0 Å². The van der Waals surface area contributed by atoms with Crippen molar-refractivity contribution >= 4 is 11.9 Å². The summed E-state index contributed by atoms with van der Waals surface area (Å²) in [7, 11) is 0. The third-order valence-electron chi connectivity index (χ3n) is 10.9. The first-order chi connectivity index (χ1) is 23.7. The second kappa shape index (κ2) is 35.8. The molecule has 0 aromatic heterocycles. The van der Waals surface area contributed by atoms with Gasteiger partial charge in [-0.1, -0.05) is 219 Å². The zero-order valence-electron chi connectivity index (χ0n) is 32.7. The average Bonchev–Trinajstić information content (AvgIpc) is 3.10. The summed E-state index contributed by atoms with van der Waals surface area (Å²) in [5, 5.41) is 0. The van der Waals surface area contributed by atoms with Crippen molar-refractivity contribution in [1.82, 2.24) is 0 Å². The van der Waals surface area contributed by atoms with E-state index in [1.807, 2.05) is 0 Å². The van der Waals surface area contributed by atoms with Gasteiger partial charge in [0.15, 0.2) is 0 Å². The predicted molar refractivity (Wildman–Crippen MR) is 206 cm³/mol. The molecule has 48 heavy (non-hydrogen) atoms. The smallest absolute Gasteiger partial charge is 0.309 e.